The summed E-state index contributed by atoms with van der Waals surface area (Å²) < 4.78 is 31.6. The minimum absolute atomic E-state index is 0.107. The molecule has 28 heavy (non-hydrogen) atoms. The van der Waals surface area contributed by atoms with Gasteiger partial charge in [-0.3, -0.25) is 14.0 Å². The maximum absolute atomic E-state index is 13.9. The third kappa shape index (κ3) is 5.10. The molecule has 0 N–H and O–H groups in total. The predicted octanol–water partition coefficient (Wildman–Crippen LogP) is 4.44. The lowest BCUT2D eigenvalue weighted by atomic mass is 10.0. The van der Waals surface area contributed by atoms with E-state index in [0.717, 1.165) is 16.7 Å². The van der Waals surface area contributed by atoms with Crippen LogP contribution in [-0.2, 0) is 26.9 Å². The van der Waals surface area contributed by atoms with Crippen LogP contribution < -0.4 is 0 Å². The Morgan fingerprint density at radius 2 is 1.86 bits per heavy atom. The molecule has 2 unspecified atom stereocenters. The van der Waals surface area contributed by atoms with Crippen molar-refractivity contribution in [3.05, 3.63) is 90.0 Å². The topological polar surface area (TPSA) is 56.3 Å². The van der Waals surface area contributed by atoms with Gasteiger partial charge in [-0.15, -0.1) is 0 Å². The van der Waals surface area contributed by atoms with E-state index in [9.17, 15) is 13.4 Å². The molecule has 2 aromatic carbocycles. The van der Waals surface area contributed by atoms with Crippen LogP contribution >= 0.6 is 0 Å². The molecule has 0 bridgehead atoms. The summed E-state index contributed by atoms with van der Waals surface area (Å²) in [4.78, 5) is 15.9. The Hall–Kier alpha value is -2.86. The lowest BCUT2D eigenvalue weighted by Crippen LogP contribution is -2.17. The predicted molar refractivity (Wildman–Crippen MR) is 107 cm³/mol. The Labute approximate surface area is 165 Å². The molecule has 3 aromatic rings. The zero-order valence-electron chi connectivity index (χ0n) is 15.4. The number of rotatable bonds is 7. The molecule has 6 heteroatoms. The first-order valence-electron chi connectivity index (χ1n) is 8.81. The number of pyridine rings is 1. The quantitative estimate of drug-likeness (QED) is 0.553. The molecule has 1 aromatic heterocycles. The van der Waals surface area contributed by atoms with Gasteiger partial charge in [0.1, 0.15) is 18.2 Å². The Morgan fingerprint density at radius 1 is 1.11 bits per heavy atom. The number of aromatic nitrogens is 1. The van der Waals surface area contributed by atoms with Crippen LogP contribution in [0.3, 0.4) is 0 Å². The van der Waals surface area contributed by atoms with Crippen molar-refractivity contribution >= 4 is 16.8 Å². The summed E-state index contributed by atoms with van der Waals surface area (Å²) in [6.45, 7) is 1.90. The van der Waals surface area contributed by atoms with Crippen molar-refractivity contribution < 1.29 is 18.1 Å². The molecule has 0 aliphatic carbocycles. The average Bonchev–Trinajstić information content (AvgIpc) is 2.73. The maximum atomic E-state index is 13.9. The molecule has 0 aliphatic heterocycles. The highest BCUT2D eigenvalue weighted by atomic mass is 32.2. The number of carbonyl (C=O) groups excluding carboxylic acids is 1. The molecule has 4 nitrogen and oxygen atoms in total. The fourth-order valence-electron chi connectivity index (χ4n) is 2.71. The third-order valence-electron chi connectivity index (χ3n) is 4.34. The summed E-state index contributed by atoms with van der Waals surface area (Å²) in [7, 11) is -1.42. The second-order valence-corrected chi connectivity index (χ2v) is 8.05. The van der Waals surface area contributed by atoms with E-state index < -0.39 is 16.8 Å². The Morgan fingerprint density at radius 3 is 2.54 bits per heavy atom. The van der Waals surface area contributed by atoms with E-state index in [0.29, 0.717) is 5.56 Å². The monoisotopic (exact) mass is 397 g/mol. The average molecular weight is 397 g/mol. The number of benzene rings is 2. The zero-order chi connectivity index (χ0) is 19.9. The molecular formula is C22H20FNO3S. The molecule has 2 atom stereocenters. The minimum atomic E-state index is -1.42. The number of halogens is 1. The Balaban J connectivity index is 1.58. The number of esters is 1. The normalized spacial score (nSPS) is 12.9. The van der Waals surface area contributed by atoms with Crippen LogP contribution in [0.15, 0.2) is 73.1 Å². The van der Waals surface area contributed by atoms with Gasteiger partial charge in [0.05, 0.1) is 5.25 Å². The van der Waals surface area contributed by atoms with Crippen molar-refractivity contribution in [2.75, 3.05) is 5.75 Å². The van der Waals surface area contributed by atoms with E-state index in [1.165, 1.54) is 6.07 Å². The second kappa shape index (κ2) is 9.37. The smallest absolute Gasteiger partial charge is 0.318 e. The molecule has 0 aliphatic rings. The van der Waals surface area contributed by atoms with Gasteiger partial charge in [-0.25, -0.2) is 4.39 Å². The molecule has 0 spiro atoms. The number of hydrogen-bond acceptors (Lipinski definition) is 4. The lowest BCUT2D eigenvalue weighted by molar-refractivity contribution is -0.141. The standard InChI is InChI=1S/C22H20FNO3S/c1-16(28(26)15-22(25)27-14-17-5-4-12-24-13-17)18-8-10-19(11-9-18)20-6-2-3-7-21(20)23/h2-13,16H,14-15H2,1H3. The van der Waals surface area contributed by atoms with Gasteiger partial charge in [-0.2, -0.15) is 0 Å². The lowest BCUT2D eigenvalue weighted by Gasteiger charge is -2.13. The largest absolute Gasteiger partial charge is 0.460 e. The van der Waals surface area contributed by atoms with Crippen LogP contribution in [0.5, 0.6) is 0 Å². The van der Waals surface area contributed by atoms with Gasteiger partial charge in [-0.05, 0) is 30.2 Å². The van der Waals surface area contributed by atoms with E-state index in [4.69, 9.17) is 4.74 Å². The van der Waals surface area contributed by atoms with Crippen molar-refractivity contribution in [1.82, 2.24) is 4.98 Å². The van der Waals surface area contributed by atoms with Crippen molar-refractivity contribution in [3.63, 3.8) is 0 Å². The molecule has 1 heterocycles. The van der Waals surface area contributed by atoms with Crippen molar-refractivity contribution in [3.8, 4) is 11.1 Å². The van der Waals surface area contributed by atoms with Crippen LogP contribution in [-0.4, -0.2) is 20.9 Å². The molecule has 0 fully saturated rings. The fraction of sp³-hybridized carbons (Fsp3) is 0.182. The second-order valence-electron chi connectivity index (χ2n) is 6.29. The van der Waals surface area contributed by atoms with Crippen LogP contribution in [0.1, 0.15) is 23.3 Å². The third-order valence-corrected chi connectivity index (χ3v) is 5.92. The summed E-state index contributed by atoms with van der Waals surface area (Å²) in [5, 5.41) is -0.347. The summed E-state index contributed by atoms with van der Waals surface area (Å²) in [6.07, 6.45) is 3.25. The number of hydrogen-bond donors (Lipinski definition) is 0. The van der Waals surface area contributed by atoms with Gasteiger partial charge >= 0.3 is 5.97 Å². The van der Waals surface area contributed by atoms with Gasteiger partial charge in [0.15, 0.2) is 0 Å². The molecule has 0 saturated carbocycles. The summed E-state index contributed by atoms with van der Waals surface area (Å²) in [5.74, 6) is -0.989. The van der Waals surface area contributed by atoms with Crippen LogP contribution in [0.25, 0.3) is 11.1 Å². The highest BCUT2D eigenvalue weighted by Crippen LogP contribution is 2.26. The Bertz CT molecular complexity index is 961. The van der Waals surface area contributed by atoms with Gasteiger partial charge in [0.2, 0.25) is 0 Å². The van der Waals surface area contributed by atoms with Gasteiger partial charge in [0, 0.05) is 34.3 Å². The summed E-state index contributed by atoms with van der Waals surface area (Å²) >= 11 is 0. The number of nitrogens with zero attached hydrogens (tertiary/aromatic N) is 1. The molecule has 0 saturated heterocycles. The first-order valence-corrected chi connectivity index (χ1v) is 10.2. The van der Waals surface area contributed by atoms with Gasteiger partial charge in [-0.1, -0.05) is 48.5 Å². The maximum Gasteiger partial charge on any atom is 0.318 e. The molecular weight excluding hydrogens is 377 g/mol. The van der Waals surface area contributed by atoms with E-state index in [-0.39, 0.29) is 23.4 Å². The number of carbonyl (C=O) groups is 1. The number of ether oxygens (including phenoxy) is 1. The van der Waals surface area contributed by atoms with Crippen molar-refractivity contribution in [2.45, 2.75) is 18.8 Å². The molecule has 144 valence electrons. The first-order chi connectivity index (χ1) is 13.5. The van der Waals surface area contributed by atoms with E-state index in [2.05, 4.69) is 4.98 Å². The van der Waals surface area contributed by atoms with Crippen LogP contribution in [0.2, 0.25) is 0 Å². The minimum Gasteiger partial charge on any atom is -0.460 e. The van der Waals surface area contributed by atoms with Crippen LogP contribution in [0.4, 0.5) is 4.39 Å². The van der Waals surface area contributed by atoms with E-state index >= 15 is 0 Å². The fourth-order valence-corrected chi connectivity index (χ4v) is 3.74. The Kier molecular flexibility index (Phi) is 6.66. The van der Waals surface area contributed by atoms with Crippen LogP contribution in [0, 0.1) is 5.82 Å². The SMILES string of the molecule is CC(c1ccc(-c2ccccc2F)cc1)S(=O)CC(=O)OCc1cccnc1. The molecule has 0 amide bonds. The molecule has 0 radical (unpaired) electrons. The van der Waals surface area contributed by atoms with Gasteiger partial charge < -0.3 is 4.74 Å². The van der Waals surface area contributed by atoms with E-state index in [1.807, 2.05) is 12.1 Å². The zero-order valence-corrected chi connectivity index (χ0v) is 16.2. The summed E-state index contributed by atoms with van der Waals surface area (Å²) in [6, 6.07) is 17.3. The molecule has 3 rings (SSSR count). The van der Waals surface area contributed by atoms with E-state index in [1.54, 1.807) is 61.8 Å². The summed E-state index contributed by atoms with van der Waals surface area (Å²) in [5.41, 5.74) is 2.86. The first kappa shape index (κ1) is 19.9. The van der Waals surface area contributed by atoms with Crippen molar-refractivity contribution in [1.29, 1.82) is 0 Å². The van der Waals surface area contributed by atoms with Gasteiger partial charge in [0.25, 0.3) is 0 Å². The van der Waals surface area contributed by atoms with Crippen molar-refractivity contribution in [2.24, 2.45) is 0 Å². The highest BCUT2D eigenvalue weighted by molar-refractivity contribution is 7.85. The highest BCUT2D eigenvalue weighted by Gasteiger charge is 2.18.